The lowest BCUT2D eigenvalue weighted by Gasteiger charge is -2.27. The third kappa shape index (κ3) is 3.66. The van der Waals surface area contributed by atoms with Crippen molar-refractivity contribution in [2.75, 3.05) is 20.1 Å². The van der Waals surface area contributed by atoms with Crippen molar-refractivity contribution in [2.45, 2.75) is 31.8 Å². The van der Waals surface area contributed by atoms with Crippen molar-refractivity contribution in [1.29, 1.82) is 0 Å². The van der Waals surface area contributed by atoms with Gasteiger partial charge in [-0.1, -0.05) is 12.1 Å². The number of likely N-dealkylation sites (N-methyl/N-ethyl adjacent to an activating group) is 1. The zero-order valence-electron chi connectivity index (χ0n) is 10.6. The second-order valence-corrected chi connectivity index (χ2v) is 6.21. The minimum absolute atomic E-state index is 0.495. The Morgan fingerprint density at radius 1 is 1.41 bits per heavy atom. The van der Waals surface area contributed by atoms with Crippen molar-refractivity contribution in [3.05, 3.63) is 33.4 Å². The SMILES string of the molecule is CC(c1ccc(I)cc1)N(C)CC1CCCN1. The van der Waals surface area contributed by atoms with Gasteiger partial charge in [-0.25, -0.2) is 0 Å². The van der Waals surface area contributed by atoms with Crippen LogP contribution in [0.15, 0.2) is 24.3 Å². The summed E-state index contributed by atoms with van der Waals surface area (Å²) >= 11 is 2.35. The summed E-state index contributed by atoms with van der Waals surface area (Å²) in [6.07, 6.45) is 2.65. The molecule has 17 heavy (non-hydrogen) atoms. The summed E-state index contributed by atoms with van der Waals surface area (Å²) < 4.78 is 1.30. The van der Waals surface area contributed by atoms with Crippen molar-refractivity contribution in [2.24, 2.45) is 0 Å². The van der Waals surface area contributed by atoms with Gasteiger partial charge in [0.15, 0.2) is 0 Å². The van der Waals surface area contributed by atoms with Crippen molar-refractivity contribution in [1.82, 2.24) is 10.2 Å². The zero-order chi connectivity index (χ0) is 12.3. The Hall–Kier alpha value is -0.130. The third-order valence-corrected chi connectivity index (χ3v) is 4.40. The molecular weight excluding hydrogens is 323 g/mol. The number of hydrogen-bond donors (Lipinski definition) is 1. The van der Waals surface area contributed by atoms with Gasteiger partial charge in [-0.15, -0.1) is 0 Å². The lowest BCUT2D eigenvalue weighted by Crippen LogP contribution is -2.36. The first-order chi connectivity index (χ1) is 8.16. The predicted molar refractivity (Wildman–Crippen MR) is 81.2 cm³/mol. The molecule has 0 spiro atoms. The minimum Gasteiger partial charge on any atom is -0.313 e. The van der Waals surface area contributed by atoms with E-state index in [1.54, 1.807) is 0 Å². The van der Waals surface area contributed by atoms with E-state index in [0.29, 0.717) is 12.1 Å². The van der Waals surface area contributed by atoms with E-state index in [1.807, 2.05) is 0 Å². The zero-order valence-corrected chi connectivity index (χ0v) is 12.8. The van der Waals surface area contributed by atoms with E-state index in [9.17, 15) is 0 Å². The highest BCUT2D eigenvalue weighted by molar-refractivity contribution is 14.1. The molecule has 1 aliphatic rings. The lowest BCUT2D eigenvalue weighted by atomic mass is 10.1. The highest BCUT2D eigenvalue weighted by Crippen LogP contribution is 2.21. The summed E-state index contributed by atoms with van der Waals surface area (Å²) in [5, 5.41) is 3.56. The molecule has 2 nitrogen and oxygen atoms in total. The second-order valence-electron chi connectivity index (χ2n) is 4.96. The molecular formula is C14H21IN2. The molecule has 2 rings (SSSR count). The molecule has 3 heteroatoms. The summed E-state index contributed by atoms with van der Waals surface area (Å²) in [6, 6.07) is 10.0. The number of hydrogen-bond acceptors (Lipinski definition) is 2. The van der Waals surface area contributed by atoms with E-state index >= 15 is 0 Å². The maximum Gasteiger partial charge on any atom is 0.0317 e. The monoisotopic (exact) mass is 344 g/mol. The van der Waals surface area contributed by atoms with Crippen LogP contribution in [0.4, 0.5) is 0 Å². The molecule has 2 unspecified atom stereocenters. The van der Waals surface area contributed by atoms with Crippen LogP contribution in [-0.2, 0) is 0 Å². The molecule has 1 saturated heterocycles. The quantitative estimate of drug-likeness (QED) is 0.845. The fourth-order valence-corrected chi connectivity index (χ4v) is 2.77. The molecule has 0 amide bonds. The van der Waals surface area contributed by atoms with Crippen LogP contribution in [0.2, 0.25) is 0 Å². The summed E-state index contributed by atoms with van der Waals surface area (Å²) in [7, 11) is 2.22. The molecule has 94 valence electrons. The van der Waals surface area contributed by atoms with Crippen LogP contribution in [0.3, 0.4) is 0 Å². The summed E-state index contributed by atoms with van der Waals surface area (Å²) in [6.45, 7) is 4.63. The maximum atomic E-state index is 3.56. The van der Waals surface area contributed by atoms with Crippen LogP contribution in [0.1, 0.15) is 31.4 Å². The molecule has 0 aromatic heterocycles. The van der Waals surface area contributed by atoms with Gasteiger partial charge in [0.25, 0.3) is 0 Å². The van der Waals surface area contributed by atoms with Gasteiger partial charge in [-0.2, -0.15) is 0 Å². The predicted octanol–water partition coefficient (Wildman–Crippen LogP) is 3.04. The van der Waals surface area contributed by atoms with Crippen molar-refractivity contribution >= 4 is 22.6 Å². The number of halogens is 1. The third-order valence-electron chi connectivity index (χ3n) is 3.68. The minimum atomic E-state index is 0.495. The van der Waals surface area contributed by atoms with Gasteiger partial charge >= 0.3 is 0 Å². The van der Waals surface area contributed by atoms with Crippen molar-refractivity contribution < 1.29 is 0 Å². The Balaban J connectivity index is 1.93. The van der Waals surface area contributed by atoms with Crippen LogP contribution in [0.5, 0.6) is 0 Å². The molecule has 0 aliphatic carbocycles. The Kier molecular flexibility index (Phi) is 4.82. The first-order valence-electron chi connectivity index (χ1n) is 6.36. The molecule has 1 aliphatic heterocycles. The van der Waals surface area contributed by atoms with Gasteiger partial charge in [0.2, 0.25) is 0 Å². The molecule has 1 heterocycles. The van der Waals surface area contributed by atoms with Crippen molar-refractivity contribution in [3.8, 4) is 0 Å². The summed E-state index contributed by atoms with van der Waals surface area (Å²) in [5.41, 5.74) is 1.41. The van der Waals surface area contributed by atoms with Gasteiger partial charge < -0.3 is 5.32 Å². The van der Waals surface area contributed by atoms with E-state index in [2.05, 4.69) is 71.0 Å². The largest absolute Gasteiger partial charge is 0.313 e. The standard InChI is InChI=1S/C14H21IN2/c1-11(12-5-7-13(15)8-6-12)17(2)10-14-4-3-9-16-14/h5-8,11,14,16H,3-4,9-10H2,1-2H3. The second kappa shape index (κ2) is 6.16. The fraction of sp³-hybridized carbons (Fsp3) is 0.571. The Labute approximate surface area is 118 Å². The molecule has 0 bridgehead atoms. The van der Waals surface area contributed by atoms with E-state index in [0.717, 1.165) is 6.54 Å². The van der Waals surface area contributed by atoms with Gasteiger partial charge in [0.05, 0.1) is 0 Å². The van der Waals surface area contributed by atoms with E-state index in [4.69, 9.17) is 0 Å². The van der Waals surface area contributed by atoms with Gasteiger partial charge in [0, 0.05) is 22.2 Å². The van der Waals surface area contributed by atoms with Gasteiger partial charge in [-0.3, -0.25) is 4.90 Å². The number of benzene rings is 1. The van der Waals surface area contributed by atoms with Gasteiger partial charge in [-0.05, 0) is 73.6 Å². The fourth-order valence-electron chi connectivity index (χ4n) is 2.41. The molecule has 1 aromatic carbocycles. The normalized spacial score (nSPS) is 22.0. The first-order valence-corrected chi connectivity index (χ1v) is 7.44. The van der Waals surface area contributed by atoms with Crippen LogP contribution >= 0.6 is 22.6 Å². The average Bonchev–Trinajstić information content (AvgIpc) is 2.82. The smallest absolute Gasteiger partial charge is 0.0317 e. The molecule has 1 aromatic rings. The Morgan fingerprint density at radius 3 is 2.71 bits per heavy atom. The topological polar surface area (TPSA) is 15.3 Å². The molecule has 0 saturated carbocycles. The Bertz CT molecular complexity index is 344. The highest BCUT2D eigenvalue weighted by atomic mass is 127. The average molecular weight is 344 g/mol. The van der Waals surface area contributed by atoms with Crippen LogP contribution in [0.25, 0.3) is 0 Å². The molecule has 1 fully saturated rings. The number of nitrogens with one attached hydrogen (secondary N) is 1. The van der Waals surface area contributed by atoms with Crippen LogP contribution in [-0.4, -0.2) is 31.1 Å². The van der Waals surface area contributed by atoms with Crippen LogP contribution in [0, 0.1) is 3.57 Å². The van der Waals surface area contributed by atoms with Crippen molar-refractivity contribution in [3.63, 3.8) is 0 Å². The van der Waals surface area contributed by atoms with E-state index < -0.39 is 0 Å². The highest BCUT2D eigenvalue weighted by Gasteiger charge is 2.19. The first kappa shape index (κ1) is 13.3. The molecule has 1 N–H and O–H groups in total. The Morgan fingerprint density at radius 2 is 2.12 bits per heavy atom. The van der Waals surface area contributed by atoms with Crippen LogP contribution < -0.4 is 5.32 Å². The van der Waals surface area contributed by atoms with E-state index in [-0.39, 0.29) is 0 Å². The van der Waals surface area contributed by atoms with E-state index in [1.165, 1.54) is 28.5 Å². The molecule has 0 radical (unpaired) electrons. The van der Waals surface area contributed by atoms with Gasteiger partial charge in [0.1, 0.15) is 0 Å². The summed E-state index contributed by atoms with van der Waals surface area (Å²) in [4.78, 5) is 2.45. The summed E-state index contributed by atoms with van der Waals surface area (Å²) in [5.74, 6) is 0. The number of nitrogens with zero attached hydrogens (tertiary/aromatic N) is 1. The lowest BCUT2D eigenvalue weighted by molar-refractivity contribution is 0.238. The molecule has 2 atom stereocenters. The maximum absolute atomic E-state index is 3.56. The number of rotatable bonds is 4.